The third kappa shape index (κ3) is 5.15. The number of anilines is 1. The maximum atomic E-state index is 12.5. The summed E-state index contributed by atoms with van der Waals surface area (Å²) in [6, 6.07) is 14.8. The number of hydrogen-bond donors (Lipinski definition) is 1. The van der Waals surface area contributed by atoms with Crippen LogP contribution in [-0.4, -0.2) is 52.1 Å². The van der Waals surface area contributed by atoms with Gasteiger partial charge in [0.2, 0.25) is 10.0 Å². The summed E-state index contributed by atoms with van der Waals surface area (Å²) < 4.78 is 27.8. The molecule has 1 aliphatic heterocycles. The zero-order valence-electron chi connectivity index (χ0n) is 15.1. The Kier molecular flexibility index (Phi) is 6.65. The highest BCUT2D eigenvalue weighted by Gasteiger charge is 2.24. The summed E-state index contributed by atoms with van der Waals surface area (Å²) in [6.07, 6.45) is 0. The molecule has 0 aromatic heterocycles. The highest BCUT2D eigenvalue weighted by Crippen LogP contribution is 2.25. The molecule has 1 saturated heterocycles. The van der Waals surface area contributed by atoms with Crippen LogP contribution in [0.5, 0.6) is 0 Å². The molecule has 1 aliphatic rings. The fourth-order valence-corrected chi connectivity index (χ4v) is 5.06. The predicted octanol–water partition coefficient (Wildman–Crippen LogP) is 3.48. The SMILES string of the molecule is CC(CNS(=O)(=O)c1cc(Cl)ccc1Cl)N1CCN(c2ccccc2)CC1. The summed E-state index contributed by atoms with van der Waals surface area (Å²) in [5.41, 5.74) is 1.22. The molecule has 3 rings (SSSR count). The monoisotopic (exact) mass is 427 g/mol. The molecule has 0 radical (unpaired) electrons. The van der Waals surface area contributed by atoms with Crippen LogP contribution < -0.4 is 9.62 Å². The van der Waals surface area contributed by atoms with Crippen LogP contribution in [0.3, 0.4) is 0 Å². The van der Waals surface area contributed by atoms with E-state index in [9.17, 15) is 8.42 Å². The van der Waals surface area contributed by atoms with E-state index in [-0.39, 0.29) is 16.0 Å². The van der Waals surface area contributed by atoms with Crippen LogP contribution >= 0.6 is 23.2 Å². The lowest BCUT2D eigenvalue weighted by Gasteiger charge is -2.39. The van der Waals surface area contributed by atoms with Crippen LogP contribution in [0, 0.1) is 0 Å². The molecule has 0 amide bonds. The van der Waals surface area contributed by atoms with Crippen molar-refractivity contribution in [2.45, 2.75) is 17.9 Å². The van der Waals surface area contributed by atoms with Crippen molar-refractivity contribution < 1.29 is 8.42 Å². The summed E-state index contributed by atoms with van der Waals surface area (Å²) in [4.78, 5) is 4.65. The molecular weight excluding hydrogens is 405 g/mol. The number of nitrogens with zero attached hydrogens (tertiary/aromatic N) is 2. The molecule has 0 aliphatic carbocycles. The number of sulfonamides is 1. The molecule has 0 spiro atoms. The smallest absolute Gasteiger partial charge is 0.242 e. The first-order valence-corrected chi connectivity index (χ1v) is 11.1. The lowest BCUT2D eigenvalue weighted by Crippen LogP contribution is -2.52. The van der Waals surface area contributed by atoms with Crippen molar-refractivity contribution in [1.82, 2.24) is 9.62 Å². The minimum Gasteiger partial charge on any atom is -0.369 e. The van der Waals surface area contributed by atoms with Gasteiger partial charge in [0.15, 0.2) is 0 Å². The fraction of sp³-hybridized carbons (Fsp3) is 0.368. The van der Waals surface area contributed by atoms with E-state index in [1.165, 1.54) is 17.8 Å². The quantitative estimate of drug-likeness (QED) is 0.766. The summed E-state index contributed by atoms with van der Waals surface area (Å²) in [6.45, 7) is 5.95. The minimum absolute atomic E-state index is 0.0118. The van der Waals surface area contributed by atoms with Crippen LogP contribution in [0.1, 0.15) is 6.92 Å². The van der Waals surface area contributed by atoms with Gasteiger partial charge in [-0.05, 0) is 37.3 Å². The lowest BCUT2D eigenvalue weighted by atomic mass is 10.2. The van der Waals surface area contributed by atoms with Gasteiger partial charge in [-0.15, -0.1) is 0 Å². The van der Waals surface area contributed by atoms with E-state index in [0.717, 1.165) is 26.2 Å². The Morgan fingerprint density at radius 3 is 2.37 bits per heavy atom. The Morgan fingerprint density at radius 2 is 1.70 bits per heavy atom. The zero-order chi connectivity index (χ0) is 19.4. The molecule has 1 atom stereocenters. The highest BCUT2D eigenvalue weighted by atomic mass is 35.5. The second-order valence-corrected chi connectivity index (χ2v) is 9.21. The standard InChI is InChI=1S/C19H23Cl2N3O2S/c1-15(14-22-27(25,26)19-13-16(20)7-8-18(19)21)23-9-11-24(12-10-23)17-5-3-2-4-6-17/h2-8,13,15,22H,9-12,14H2,1H3. The van der Waals surface area contributed by atoms with Crippen LogP contribution in [0.15, 0.2) is 53.4 Å². The van der Waals surface area contributed by atoms with E-state index < -0.39 is 10.0 Å². The third-order valence-electron chi connectivity index (χ3n) is 4.81. The molecule has 2 aromatic carbocycles. The van der Waals surface area contributed by atoms with Gasteiger partial charge in [-0.25, -0.2) is 13.1 Å². The van der Waals surface area contributed by atoms with E-state index in [1.54, 1.807) is 6.07 Å². The van der Waals surface area contributed by atoms with E-state index >= 15 is 0 Å². The average Bonchev–Trinajstić information content (AvgIpc) is 2.69. The van der Waals surface area contributed by atoms with E-state index in [0.29, 0.717) is 11.6 Å². The number of benzene rings is 2. The molecule has 8 heteroatoms. The molecule has 1 heterocycles. The fourth-order valence-electron chi connectivity index (χ4n) is 3.18. The number of halogens is 2. The van der Waals surface area contributed by atoms with Crippen molar-refractivity contribution in [2.75, 3.05) is 37.6 Å². The largest absolute Gasteiger partial charge is 0.369 e. The average molecular weight is 428 g/mol. The Morgan fingerprint density at radius 1 is 1.04 bits per heavy atom. The Labute approximate surface area is 170 Å². The van der Waals surface area contributed by atoms with Gasteiger partial charge in [0, 0.05) is 49.5 Å². The molecule has 1 N–H and O–H groups in total. The Bertz CT molecular complexity index is 870. The predicted molar refractivity (Wildman–Crippen MR) is 111 cm³/mol. The van der Waals surface area contributed by atoms with Crippen LogP contribution in [-0.2, 0) is 10.0 Å². The van der Waals surface area contributed by atoms with Gasteiger partial charge >= 0.3 is 0 Å². The number of hydrogen-bond acceptors (Lipinski definition) is 4. The van der Waals surface area contributed by atoms with Crippen molar-refractivity contribution in [3.05, 3.63) is 58.6 Å². The molecular formula is C19H23Cl2N3O2S. The first kappa shape index (κ1) is 20.4. The van der Waals surface area contributed by atoms with Crippen LogP contribution in [0.25, 0.3) is 0 Å². The summed E-state index contributed by atoms with van der Waals surface area (Å²) in [7, 11) is -3.70. The maximum absolute atomic E-state index is 12.5. The van der Waals surface area contributed by atoms with E-state index in [1.807, 2.05) is 25.1 Å². The van der Waals surface area contributed by atoms with Gasteiger partial charge in [-0.2, -0.15) is 0 Å². The zero-order valence-corrected chi connectivity index (χ0v) is 17.4. The van der Waals surface area contributed by atoms with Crippen molar-refractivity contribution in [1.29, 1.82) is 0 Å². The molecule has 1 fully saturated rings. The number of nitrogens with one attached hydrogen (secondary N) is 1. The summed E-state index contributed by atoms with van der Waals surface area (Å²) >= 11 is 11.9. The van der Waals surface area contributed by atoms with Crippen LogP contribution in [0.4, 0.5) is 5.69 Å². The second kappa shape index (κ2) is 8.80. The Hall–Kier alpha value is -1.31. The lowest BCUT2D eigenvalue weighted by molar-refractivity contribution is 0.198. The third-order valence-corrected chi connectivity index (χ3v) is 6.95. The van der Waals surface area contributed by atoms with Crippen molar-refractivity contribution >= 4 is 38.9 Å². The number of para-hydroxylation sites is 1. The molecule has 0 saturated carbocycles. The van der Waals surface area contributed by atoms with Crippen molar-refractivity contribution in [3.8, 4) is 0 Å². The molecule has 0 bridgehead atoms. The summed E-state index contributed by atoms with van der Waals surface area (Å²) in [5.74, 6) is 0. The first-order valence-electron chi connectivity index (χ1n) is 8.85. The van der Waals surface area contributed by atoms with Crippen molar-refractivity contribution in [3.63, 3.8) is 0 Å². The topological polar surface area (TPSA) is 52.7 Å². The van der Waals surface area contributed by atoms with Crippen molar-refractivity contribution in [2.24, 2.45) is 0 Å². The van der Waals surface area contributed by atoms with Gasteiger partial charge in [0.05, 0.1) is 5.02 Å². The first-order chi connectivity index (χ1) is 12.9. The molecule has 146 valence electrons. The van der Waals surface area contributed by atoms with Gasteiger partial charge in [-0.3, -0.25) is 4.90 Å². The number of rotatable bonds is 6. The summed E-state index contributed by atoms with van der Waals surface area (Å²) in [5, 5.41) is 0.501. The van der Waals surface area contributed by atoms with E-state index in [2.05, 4.69) is 26.7 Å². The molecule has 5 nitrogen and oxygen atoms in total. The van der Waals surface area contributed by atoms with Gasteiger partial charge in [0.25, 0.3) is 0 Å². The Balaban J connectivity index is 1.55. The second-order valence-electron chi connectivity index (χ2n) is 6.63. The molecule has 27 heavy (non-hydrogen) atoms. The van der Waals surface area contributed by atoms with Gasteiger partial charge < -0.3 is 4.90 Å². The van der Waals surface area contributed by atoms with E-state index in [4.69, 9.17) is 23.2 Å². The maximum Gasteiger partial charge on any atom is 0.242 e. The number of piperazine rings is 1. The van der Waals surface area contributed by atoms with Crippen LogP contribution in [0.2, 0.25) is 10.0 Å². The van der Waals surface area contributed by atoms with Gasteiger partial charge in [0.1, 0.15) is 4.90 Å². The molecule has 1 unspecified atom stereocenters. The highest BCUT2D eigenvalue weighted by molar-refractivity contribution is 7.89. The van der Waals surface area contributed by atoms with Gasteiger partial charge in [-0.1, -0.05) is 41.4 Å². The normalized spacial score (nSPS) is 17.1. The molecule has 2 aromatic rings. The minimum atomic E-state index is -3.70.